The van der Waals surface area contributed by atoms with Crippen LogP contribution in [0.1, 0.15) is 52.5 Å². The molecule has 4 heteroatoms. The Balaban J connectivity index is 2.31. The molecule has 1 N–H and O–H groups in total. The van der Waals surface area contributed by atoms with Crippen molar-refractivity contribution in [2.75, 3.05) is 19.6 Å². The highest BCUT2D eigenvalue weighted by atomic mass is 16.6. The minimum absolute atomic E-state index is 0.200. The van der Waals surface area contributed by atoms with E-state index >= 15 is 0 Å². The van der Waals surface area contributed by atoms with Crippen molar-refractivity contribution in [3.05, 3.63) is 35.9 Å². The van der Waals surface area contributed by atoms with Crippen LogP contribution in [0.3, 0.4) is 0 Å². The van der Waals surface area contributed by atoms with Crippen LogP contribution < -0.4 is 5.32 Å². The van der Waals surface area contributed by atoms with Gasteiger partial charge >= 0.3 is 6.09 Å². The molecule has 0 saturated carbocycles. The van der Waals surface area contributed by atoms with E-state index in [4.69, 9.17) is 4.74 Å². The van der Waals surface area contributed by atoms with E-state index in [1.165, 1.54) is 5.56 Å². The third kappa shape index (κ3) is 9.24. The Bertz CT molecular complexity index is 440. The summed E-state index contributed by atoms with van der Waals surface area (Å²) in [7, 11) is 0. The standard InChI is InChI=1S/C19H32N2O2/c1-5-6-14-21(18(22)23-19(2,3)4)15-10-13-20-16-17-11-8-7-9-12-17/h7-9,11-12,20H,5-6,10,13-16H2,1-4H3. The van der Waals surface area contributed by atoms with Crippen LogP contribution in [0.15, 0.2) is 30.3 Å². The van der Waals surface area contributed by atoms with Crippen LogP contribution in [0.25, 0.3) is 0 Å². The molecule has 0 fully saturated rings. The van der Waals surface area contributed by atoms with E-state index in [0.29, 0.717) is 0 Å². The maximum Gasteiger partial charge on any atom is 0.410 e. The first-order valence-electron chi connectivity index (χ1n) is 8.65. The summed E-state index contributed by atoms with van der Waals surface area (Å²) in [6, 6.07) is 10.3. The molecule has 0 atom stereocenters. The zero-order valence-electron chi connectivity index (χ0n) is 15.1. The van der Waals surface area contributed by atoms with Crippen LogP contribution in [0, 0.1) is 0 Å². The van der Waals surface area contributed by atoms with Gasteiger partial charge in [-0.05, 0) is 45.7 Å². The van der Waals surface area contributed by atoms with Crippen LogP contribution in [-0.4, -0.2) is 36.2 Å². The van der Waals surface area contributed by atoms with Gasteiger partial charge in [0.25, 0.3) is 0 Å². The smallest absolute Gasteiger partial charge is 0.410 e. The molecule has 4 nitrogen and oxygen atoms in total. The van der Waals surface area contributed by atoms with Gasteiger partial charge in [-0.2, -0.15) is 0 Å². The number of unbranched alkanes of at least 4 members (excludes halogenated alkanes) is 1. The molecule has 0 bridgehead atoms. The van der Waals surface area contributed by atoms with Crippen molar-refractivity contribution in [1.82, 2.24) is 10.2 Å². The maximum absolute atomic E-state index is 12.2. The molecular formula is C19H32N2O2. The molecule has 1 rings (SSSR count). The lowest BCUT2D eigenvalue weighted by atomic mass is 10.2. The summed E-state index contributed by atoms with van der Waals surface area (Å²) in [6.45, 7) is 11.1. The fourth-order valence-electron chi connectivity index (χ4n) is 2.19. The molecule has 1 aromatic rings. The average molecular weight is 320 g/mol. The van der Waals surface area contributed by atoms with Gasteiger partial charge in [-0.1, -0.05) is 43.7 Å². The third-order valence-corrected chi connectivity index (χ3v) is 3.39. The quantitative estimate of drug-likeness (QED) is 0.693. The van der Waals surface area contributed by atoms with Gasteiger partial charge in [-0.25, -0.2) is 4.79 Å². The molecule has 0 heterocycles. The van der Waals surface area contributed by atoms with Crippen molar-refractivity contribution in [2.24, 2.45) is 0 Å². The Labute approximate surface area is 141 Å². The minimum atomic E-state index is -0.437. The zero-order valence-corrected chi connectivity index (χ0v) is 15.1. The normalized spacial score (nSPS) is 11.3. The summed E-state index contributed by atoms with van der Waals surface area (Å²) in [5.74, 6) is 0. The number of amides is 1. The SMILES string of the molecule is CCCCN(CCCNCc1ccccc1)C(=O)OC(C)(C)C. The molecule has 1 amide bonds. The Kier molecular flexibility index (Phi) is 8.70. The third-order valence-electron chi connectivity index (χ3n) is 3.39. The Morgan fingerprint density at radius 3 is 2.39 bits per heavy atom. The number of carbonyl (C=O) groups excluding carboxylic acids is 1. The van der Waals surface area contributed by atoms with Gasteiger partial charge in [0.15, 0.2) is 0 Å². The number of rotatable bonds is 9. The fourth-order valence-corrected chi connectivity index (χ4v) is 2.19. The molecule has 0 unspecified atom stereocenters. The first-order valence-corrected chi connectivity index (χ1v) is 8.65. The predicted molar refractivity (Wildman–Crippen MR) is 95.5 cm³/mol. The van der Waals surface area contributed by atoms with E-state index in [9.17, 15) is 4.79 Å². The summed E-state index contributed by atoms with van der Waals surface area (Å²) in [5, 5.41) is 3.42. The summed E-state index contributed by atoms with van der Waals surface area (Å²) in [6.07, 6.45) is 2.81. The molecule has 0 aromatic heterocycles. The van der Waals surface area contributed by atoms with Gasteiger partial charge in [0, 0.05) is 19.6 Å². The number of ether oxygens (including phenoxy) is 1. The van der Waals surface area contributed by atoms with Gasteiger partial charge in [0.2, 0.25) is 0 Å². The zero-order chi connectivity index (χ0) is 17.1. The van der Waals surface area contributed by atoms with Crippen molar-refractivity contribution in [3.8, 4) is 0 Å². The number of carbonyl (C=O) groups is 1. The monoisotopic (exact) mass is 320 g/mol. The van der Waals surface area contributed by atoms with Gasteiger partial charge in [-0.15, -0.1) is 0 Å². The maximum atomic E-state index is 12.2. The van der Waals surface area contributed by atoms with E-state index in [2.05, 4.69) is 24.4 Å². The number of hydrogen-bond donors (Lipinski definition) is 1. The summed E-state index contributed by atoms with van der Waals surface area (Å²) in [4.78, 5) is 14.1. The summed E-state index contributed by atoms with van der Waals surface area (Å²) in [5.41, 5.74) is 0.843. The average Bonchev–Trinajstić information content (AvgIpc) is 2.49. The lowest BCUT2D eigenvalue weighted by molar-refractivity contribution is 0.0245. The largest absolute Gasteiger partial charge is 0.444 e. The lowest BCUT2D eigenvalue weighted by Crippen LogP contribution is -2.38. The number of nitrogens with one attached hydrogen (secondary N) is 1. The van der Waals surface area contributed by atoms with Crippen molar-refractivity contribution >= 4 is 6.09 Å². The van der Waals surface area contributed by atoms with E-state index in [1.54, 1.807) is 0 Å². The lowest BCUT2D eigenvalue weighted by Gasteiger charge is -2.27. The first kappa shape index (κ1) is 19.5. The van der Waals surface area contributed by atoms with Gasteiger partial charge in [0.1, 0.15) is 5.60 Å². The van der Waals surface area contributed by atoms with Crippen molar-refractivity contribution < 1.29 is 9.53 Å². The van der Waals surface area contributed by atoms with E-state index < -0.39 is 5.60 Å². The highest BCUT2D eigenvalue weighted by molar-refractivity contribution is 5.68. The van der Waals surface area contributed by atoms with Gasteiger partial charge in [-0.3, -0.25) is 0 Å². The van der Waals surface area contributed by atoms with Crippen molar-refractivity contribution in [3.63, 3.8) is 0 Å². The van der Waals surface area contributed by atoms with E-state index in [-0.39, 0.29) is 6.09 Å². The Morgan fingerprint density at radius 1 is 1.13 bits per heavy atom. The molecule has 0 radical (unpaired) electrons. The van der Waals surface area contributed by atoms with Gasteiger partial charge < -0.3 is 15.0 Å². The highest BCUT2D eigenvalue weighted by Crippen LogP contribution is 2.11. The molecule has 130 valence electrons. The van der Waals surface area contributed by atoms with Crippen molar-refractivity contribution in [2.45, 2.75) is 59.1 Å². The molecular weight excluding hydrogens is 288 g/mol. The molecule has 23 heavy (non-hydrogen) atoms. The molecule has 1 aromatic carbocycles. The Morgan fingerprint density at radius 2 is 1.78 bits per heavy atom. The molecule has 0 aliphatic heterocycles. The molecule has 0 spiro atoms. The topological polar surface area (TPSA) is 41.6 Å². The van der Waals surface area contributed by atoms with E-state index in [0.717, 1.165) is 45.4 Å². The van der Waals surface area contributed by atoms with Crippen molar-refractivity contribution in [1.29, 1.82) is 0 Å². The fraction of sp³-hybridized carbons (Fsp3) is 0.632. The van der Waals surface area contributed by atoms with Crippen LogP contribution in [-0.2, 0) is 11.3 Å². The number of hydrogen-bond acceptors (Lipinski definition) is 3. The second-order valence-electron chi connectivity index (χ2n) is 6.84. The molecule has 0 aliphatic carbocycles. The first-order chi connectivity index (χ1) is 10.9. The molecule has 0 aliphatic rings. The van der Waals surface area contributed by atoms with Crippen LogP contribution >= 0.6 is 0 Å². The summed E-state index contributed by atoms with van der Waals surface area (Å²) < 4.78 is 5.49. The van der Waals surface area contributed by atoms with Gasteiger partial charge in [0.05, 0.1) is 0 Å². The minimum Gasteiger partial charge on any atom is -0.444 e. The number of nitrogens with zero attached hydrogens (tertiary/aromatic N) is 1. The number of benzene rings is 1. The van der Waals surface area contributed by atoms with Crippen LogP contribution in [0.4, 0.5) is 4.79 Å². The highest BCUT2D eigenvalue weighted by Gasteiger charge is 2.21. The second kappa shape index (κ2) is 10.3. The summed E-state index contributed by atoms with van der Waals surface area (Å²) >= 11 is 0. The van der Waals surface area contributed by atoms with Crippen LogP contribution in [0.5, 0.6) is 0 Å². The second-order valence-corrected chi connectivity index (χ2v) is 6.84. The Hall–Kier alpha value is -1.55. The molecule has 0 saturated heterocycles. The van der Waals surface area contributed by atoms with E-state index in [1.807, 2.05) is 43.9 Å². The van der Waals surface area contributed by atoms with Crippen LogP contribution in [0.2, 0.25) is 0 Å². The predicted octanol–water partition coefficient (Wildman–Crippen LogP) is 4.20.